The molecule has 4 rings (SSSR count). The summed E-state index contributed by atoms with van der Waals surface area (Å²) >= 11 is 1.32. The van der Waals surface area contributed by atoms with Crippen LogP contribution in [0.1, 0.15) is 18.1 Å². The van der Waals surface area contributed by atoms with Crippen molar-refractivity contribution in [3.05, 3.63) is 65.9 Å². The van der Waals surface area contributed by atoms with Crippen molar-refractivity contribution in [3.63, 3.8) is 0 Å². The predicted molar refractivity (Wildman–Crippen MR) is 114 cm³/mol. The van der Waals surface area contributed by atoms with Crippen molar-refractivity contribution in [2.24, 2.45) is 0 Å². The lowest BCUT2D eigenvalue weighted by Crippen LogP contribution is -2.23. The van der Waals surface area contributed by atoms with Crippen molar-refractivity contribution in [1.82, 2.24) is 25.2 Å². The van der Waals surface area contributed by atoms with E-state index >= 15 is 0 Å². The minimum atomic E-state index is -0.393. The van der Waals surface area contributed by atoms with Crippen molar-refractivity contribution >= 4 is 34.3 Å². The van der Waals surface area contributed by atoms with Gasteiger partial charge in [0.25, 0.3) is 0 Å². The third-order valence-corrected chi connectivity index (χ3v) is 5.68. The first-order valence-corrected chi connectivity index (χ1v) is 10.1. The summed E-state index contributed by atoms with van der Waals surface area (Å²) in [7, 11) is 0. The lowest BCUT2D eigenvalue weighted by atomic mass is 10.1. The van der Waals surface area contributed by atoms with Crippen molar-refractivity contribution in [2.75, 3.05) is 5.32 Å². The molecule has 0 fully saturated rings. The fourth-order valence-electron chi connectivity index (χ4n) is 3.19. The van der Waals surface area contributed by atoms with Crippen LogP contribution in [0.5, 0.6) is 0 Å². The van der Waals surface area contributed by atoms with Crippen molar-refractivity contribution in [1.29, 1.82) is 0 Å². The number of fused-ring (bicyclic) bond motifs is 1. The molecule has 2 heterocycles. The predicted octanol–water partition coefficient (Wildman–Crippen LogP) is 3.95. The van der Waals surface area contributed by atoms with Gasteiger partial charge in [0.05, 0.1) is 22.1 Å². The Morgan fingerprint density at radius 3 is 2.62 bits per heavy atom. The van der Waals surface area contributed by atoms with E-state index in [1.807, 2.05) is 69.3 Å². The highest BCUT2D eigenvalue weighted by Crippen LogP contribution is 2.28. The molecule has 4 aromatic rings. The van der Waals surface area contributed by atoms with E-state index < -0.39 is 5.25 Å². The summed E-state index contributed by atoms with van der Waals surface area (Å²) in [6, 6.07) is 15.5. The number of carbonyl (C=O) groups excluding carboxylic acids is 1. The number of nitrogens with one attached hydrogen (secondary N) is 1. The zero-order valence-electron chi connectivity index (χ0n) is 16.3. The van der Waals surface area contributed by atoms with Gasteiger partial charge >= 0.3 is 0 Å². The molecule has 146 valence electrons. The highest BCUT2D eigenvalue weighted by atomic mass is 32.2. The van der Waals surface area contributed by atoms with Crippen LogP contribution in [-0.2, 0) is 4.79 Å². The van der Waals surface area contributed by atoms with Crippen LogP contribution in [0.25, 0.3) is 16.6 Å². The van der Waals surface area contributed by atoms with Gasteiger partial charge in [-0.3, -0.25) is 9.78 Å². The van der Waals surface area contributed by atoms with Gasteiger partial charge < -0.3 is 5.32 Å². The Bertz CT molecular complexity index is 1160. The Labute approximate surface area is 172 Å². The van der Waals surface area contributed by atoms with E-state index in [0.29, 0.717) is 5.16 Å². The molecule has 0 aliphatic carbocycles. The number of tetrazole rings is 1. The fraction of sp³-hybridized carbons (Fsp3) is 0.190. The first kappa shape index (κ1) is 19.1. The van der Waals surface area contributed by atoms with Crippen LogP contribution in [0.15, 0.2) is 59.9 Å². The third kappa shape index (κ3) is 3.84. The average Bonchev–Trinajstić information content (AvgIpc) is 3.16. The Morgan fingerprint density at radius 1 is 1.07 bits per heavy atom. The van der Waals surface area contributed by atoms with Crippen LogP contribution in [-0.4, -0.2) is 36.3 Å². The van der Waals surface area contributed by atoms with Crippen LogP contribution >= 0.6 is 11.8 Å². The molecule has 29 heavy (non-hydrogen) atoms. The van der Waals surface area contributed by atoms with Gasteiger partial charge in [0.15, 0.2) is 0 Å². The van der Waals surface area contributed by atoms with Gasteiger partial charge in [0.2, 0.25) is 11.1 Å². The molecule has 8 heteroatoms. The van der Waals surface area contributed by atoms with Crippen LogP contribution < -0.4 is 5.32 Å². The Kier molecular flexibility index (Phi) is 5.26. The van der Waals surface area contributed by atoms with Gasteiger partial charge in [0.1, 0.15) is 0 Å². The summed E-state index contributed by atoms with van der Waals surface area (Å²) in [4.78, 5) is 17.2. The van der Waals surface area contributed by atoms with Crippen LogP contribution in [0.2, 0.25) is 0 Å². The number of nitrogens with zero attached hydrogens (tertiary/aromatic N) is 5. The third-order valence-electron chi connectivity index (χ3n) is 4.65. The highest BCUT2D eigenvalue weighted by molar-refractivity contribution is 8.00. The molecule has 0 saturated carbocycles. The van der Waals surface area contributed by atoms with Crippen LogP contribution in [0, 0.1) is 13.8 Å². The van der Waals surface area contributed by atoms with Crippen LogP contribution in [0.4, 0.5) is 5.69 Å². The lowest BCUT2D eigenvalue weighted by Gasteiger charge is -2.14. The maximum Gasteiger partial charge on any atom is 0.237 e. The van der Waals surface area contributed by atoms with Gasteiger partial charge in [-0.15, -0.1) is 5.10 Å². The highest BCUT2D eigenvalue weighted by Gasteiger charge is 2.21. The van der Waals surface area contributed by atoms with E-state index in [4.69, 9.17) is 0 Å². The smallest absolute Gasteiger partial charge is 0.237 e. The van der Waals surface area contributed by atoms with E-state index in [0.717, 1.165) is 33.4 Å². The SMILES string of the molecule is Cc1cccc(C)c1-n1nnnc1SC(C)C(=O)Nc1cccc2ncccc12. The summed E-state index contributed by atoms with van der Waals surface area (Å²) in [5.74, 6) is -0.123. The van der Waals surface area contributed by atoms with Crippen molar-refractivity contribution in [2.45, 2.75) is 31.2 Å². The summed E-state index contributed by atoms with van der Waals surface area (Å²) in [5.41, 5.74) is 4.65. The van der Waals surface area contributed by atoms with Gasteiger partial charge in [-0.25, -0.2) is 0 Å². The number of amides is 1. The number of aromatic nitrogens is 5. The van der Waals surface area contributed by atoms with Gasteiger partial charge in [-0.1, -0.05) is 36.0 Å². The summed E-state index contributed by atoms with van der Waals surface area (Å²) < 4.78 is 1.70. The maximum atomic E-state index is 12.8. The number of aryl methyl sites for hydroxylation is 2. The zero-order chi connectivity index (χ0) is 20.4. The second-order valence-electron chi connectivity index (χ2n) is 6.74. The Balaban J connectivity index is 1.55. The first-order valence-electron chi connectivity index (χ1n) is 9.21. The molecule has 2 aromatic heterocycles. The fourth-order valence-corrected chi connectivity index (χ4v) is 3.98. The molecular weight excluding hydrogens is 384 g/mol. The van der Waals surface area contributed by atoms with E-state index in [9.17, 15) is 4.79 Å². The molecule has 0 aliphatic heterocycles. The van der Waals surface area contributed by atoms with E-state index in [1.54, 1.807) is 10.9 Å². The second kappa shape index (κ2) is 8.00. The van der Waals surface area contributed by atoms with E-state index in [2.05, 4.69) is 25.8 Å². The number of hydrogen-bond acceptors (Lipinski definition) is 6. The molecule has 7 nitrogen and oxygen atoms in total. The number of pyridine rings is 1. The number of benzene rings is 2. The first-order chi connectivity index (χ1) is 14.0. The second-order valence-corrected chi connectivity index (χ2v) is 8.05. The number of rotatable bonds is 5. The molecule has 2 aromatic carbocycles. The van der Waals surface area contributed by atoms with Gasteiger partial charge in [-0.2, -0.15) is 4.68 Å². The summed E-state index contributed by atoms with van der Waals surface area (Å²) in [5, 5.41) is 16.2. The topological polar surface area (TPSA) is 85.6 Å². The average molecular weight is 404 g/mol. The largest absolute Gasteiger partial charge is 0.324 e. The Morgan fingerprint density at radius 2 is 1.83 bits per heavy atom. The standard InChI is InChI=1S/C21H20N6OS/c1-13-7-4-8-14(2)19(13)27-21(24-25-26-27)29-15(3)20(28)23-18-11-5-10-17-16(18)9-6-12-22-17/h4-12,15H,1-3H3,(H,23,28). The maximum absolute atomic E-state index is 12.8. The number of thioether (sulfide) groups is 1. The molecule has 0 bridgehead atoms. The minimum Gasteiger partial charge on any atom is -0.324 e. The number of carbonyl (C=O) groups is 1. The molecule has 1 unspecified atom stereocenters. The molecule has 1 atom stereocenters. The number of hydrogen-bond donors (Lipinski definition) is 1. The quantitative estimate of drug-likeness (QED) is 0.507. The lowest BCUT2D eigenvalue weighted by molar-refractivity contribution is -0.115. The van der Waals surface area contributed by atoms with E-state index in [1.165, 1.54) is 11.8 Å². The molecule has 1 amide bonds. The zero-order valence-corrected chi connectivity index (χ0v) is 17.1. The summed E-state index contributed by atoms with van der Waals surface area (Å²) in [6.45, 7) is 5.87. The Hall–Kier alpha value is -3.26. The van der Waals surface area contributed by atoms with Gasteiger partial charge in [-0.05, 0) is 66.6 Å². The molecule has 0 spiro atoms. The molecule has 0 saturated heterocycles. The normalized spacial score (nSPS) is 12.1. The molecule has 0 aliphatic rings. The van der Waals surface area contributed by atoms with Crippen molar-refractivity contribution < 1.29 is 4.79 Å². The molecular formula is C21H20N6OS. The van der Waals surface area contributed by atoms with Crippen molar-refractivity contribution in [3.8, 4) is 5.69 Å². The summed E-state index contributed by atoms with van der Waals surface area (Å²) in [6.07, 6.45) is 1.74. The number of para-hydroxylation sites is 1. The van der Waals surface area contributed by atoms with Crippen LogP contribution in [0.3, 0.4) is 0 Å². The molecule has 0 radical (unpaired) electrons. The number of anilines is 1. The van der Waals surface area contributed by atoms with E-state index in [-0.39, 0.29) is 5.91 Å². The minimum absolute atomic E-state index is 0.123. The molecule has 1 N–H and O–H groups in total. The monoisotopic (exact) mass is 404 g/mol. The van der Waals surface area contributed by atoms with Gasteiger partial charge in [0, 0.05) is 11.6 Å².